The van der Waals surface area contributed by atoms with Crippen LogP contribution in [0.1, 0.15) is 10.5 Å². The lowest BCUT2D eigenvalue weighted by atomic mass is 10.2. The van der Waals surface area contributed by atoms with Gasteiger partial charge in [-0.1, -0.05) is 11.6 Å². The Bertz CT molecular complexity index is 899. The Balaban J connectivity index is 1.68. The number of benzene rings is 2. The third-order valence-electron chi connectivity index (χ3n) is 3.31. The first kappa shape index (κ1) is 16.9. The number of pyridine rings is 1. The standard InChI is InChI=1S/C18H12ClF2N3O/c19-11-1-4-13(5-2-11)23-14-6-8-17(22-10-14)18(25)24-16-7-3-12(20)9-15(16)21/h1-10,23H,(H,24,25). The molecule has 7 heteroatoms. The van der Waals surface area contributed by atoms with Gasteiger partial charge in [0.2, 0.25) is 0 Å². The lowest BCUT2D eigenvalue weighted by molar-refractivity contribution is 0.102. The van der Waals surface area contributed by atoms with E-state index in [-0.39, 0.29) is 11.4 Å². The van der Waals surface area contributed by atoms with Crippen molar-refractivity contribution in [3.05, 3.63) is 83.1 Å². The largest absolute Gasteiger partial charge is 0.354 e. The lowest BCUT2D eigenvalue weighted by Crippen LogP contribution is -2.14. The van der Waals surface area contributed by atoms with E-state index in [1.165, 1.54) is 12.3 Å². The van der Waals surface area contributed by atoms with Crippen LogP contribution in [0.2, 0.25) is 5.02 Å². The van der Waals surface area contributed by atoms with E-state index in [0.29, 0.717) is 16.8 Å². The average molecular weight is 360 g/mol. The summed E-state index contributed by atoms with van der Waals surface area (Å²) in [4.78, 5) is 16.1. The molecule has 1 amide bonds. The Morgan fingerprint density at radius 2 is 1.68 bits per heavy atom. The van der Waals surface area contributed by atoms with Crippen molar-refractivity contribution in [2.24, 2.45) is 0 Å². The normalized spacial score (nSPS) is 10.4. The summed E-state index contributed by atoms with van der Waals surface area (Å²) in [5.74, 6) is -2.16. The number of carbonyl (C=O) groups is 1. The number of hydrogen-bond acceptors (Lipinski definition) is 3. The summed E-state index contributed by atoms with van der Waals surface area (Å²) in [6.45, 7) is 0. The van der Waals surface area contributed by atoms with Crippen LogP contribution >= 0.6 is 11.6 Å². The van der Waals surface area contributed by atoms with Gasteiger partial charge in [-0.25, -0.2) is 13.8 Å². The van der Waals surface area contributed by atoms with Crippen LogP contribution in [0.3, 0.4) is 0 Å². The van der Waals surface area contributed by atoms with E-state index in [9.17, 15) is 13.6 Å². The lowest BCUT2D eigenvalue weighted by Gasteiger charge is -2.08. The molecule has 0 saturated carbocycles. The van der Waals surface area contributed by atoms with Crippen LogP contribution in [0, 0.1) is 11.6 Å². The molecule has 0 aliphatic carbocycles. The fraction of sp³-hybridized carbons (Fsp3) is 0. The van der Waals surface area contributed by atoms with Crippen molar-refractivity contribution in [3.8, 4) is 0 Å². The fourth-order valence-electron chi connectivity index (χ4n) is 2.08. The van der Waals surface area contributed by atoms with Crippen LogP contribution in [-0.4, -0.2) is 10.9 Å². The first-order valence-electron chi connectivity index (χ1n) is 7.26. The van der Waals surface area contributed by atoms with Gasteiger partial charge < -0.3 is 10.6 Å². The van der Waals surface area contributed by atoms with E-state index in [2.05, 4.69) is 15.6 Å². The van der Waals surface area contributed by atoms with Gasteiger partial charge in [-0.05, 0) is 48.5 Å². The highest BCUT2D eigenvalue weighted by atomic mass is 35.5. The molecule has 25 heavy (non-hydrogen) atoms. The Labute approximate surface area is 147 Å². The van der Waals surface area contributed by atoms with Crippen molar-refractivity contribution in [1.29, 1.82) is 0 Å². The highest BCUT2D eigenvalue weighted by molar-refractivity contribution is 6.30. The van der Waals surface area contributed by atoms with Crippen LogP contribution in [0.25, 0.3) is 0 Å². The zero-order valence-corrected chi connectivity index (χ0v) is 13.5. The molecule has 2 aromatic carbocycles. The van der Waals surface area contributed by atoms with Crippen LogP contribution in [0.5, 0.6) is 0 Å². The molecular weight excluding hydrogens is 348 g/mol. The van der Waals surface area contributed by atoms with Crippen molar-refractivity contribution in [1.82, 2.24) is 4.98 Å². The van der Waals surface area contributed by atoms with E-state index in [1.807, 2.05) is 0 Å². The zero-order chi connectivity index (χ0) is 17.8. The molecule has 1 aromatic heterocycles. The maximum Gasteiger partial charge on any atom is 0.274 e. The second-order valence-electron chi connectivity index (χ2n) is 5.14. The van der Waals surface area contributed by atoms with Crippen LogP contribution in [0.15, 0.2) is 60.8 Å². The number of amides is 1. The molecule has 0 saturated heterocycles. The summed E-state index contributed by atoms with van der Waals surface area (Å²) in [7, 11) is 0. The molecule has 126 valence electrons. The van der Waals surface area contributed by atoms with Gasteiger partial charge in [0, 0.05) is 16.8 Å². The molecule has 0 unspecified atom stereocenters. The van der Waals surface area contributed by atoms with Gasteiger partial charge in [0.05, 0.1) is 17.6 Å². The topological polar surface area (TPSA) is 54.0 Å². The Morgan fingerprint density at radius 3 is 2.32 bits per heavy atom. The molecule has 0 radical (unpaired) electrons. The minimum atomic E-state index is -0.852. The first-order valence-corrected chi connectivity index (χ1v) is 7.64. The number of nitrogens with one attached hydrogen (secondary N) is 2. The van der Waals surface area contributed by atoms with E-state index in [1.54, 1.807) is 30.3 Å². The van der Waals surface area contributed by atoms with Gasteiger partial charge in [-0.15, -0.1) is 0 Å². The van der Waals surface area contributed by atoms with Crippen LogP contribution in [-0.2, 0) is 0 Å². The van der Waals surface area contributed by atoms with Crippen molar-refractivity contribution in [3.63, 3.8) is 0 Å². The fourth-order valence-corrected chi connectivity index (χ4v) is 2.21. The van der Waals surface area contributed by atoms with Crippen molar-refractivity contribution >= 4 is 34.6 Å². The third kappa shape index (κ3) is 4.30. The molecule has 3 aromatic rings. The summed E-state index contributed by atoms with van der Waals surface area (Å²) in [6.07, 6.45) is 1.48. The number of carbonyl (C=O) groups excluding carboxylic acids is 1. The molecular formula is C18H12ClF2N3O. The maximum atomic E-state index is 13.6. The van der Waals surface area contributed by atoms with Gasteiger partial charge in [-0.3, -0.25) is 4.79 Å². The summed E-state index contributed by atoms with van der Waals surface area (Å²) in [5, 5.41) is 6.09. The van der Waals surface area contributed by atoms with E-state index in [4.69, 9.17) is 11.6 Å². The number of halogens is 3. The maximum absolute atomic E-state index is 13.6. The second kappa shape index (κ2) is 7.27. The third-order valence-corrected chi connectivity index (χ3v) is 3.56. The predicted octanol–water partition coefficient (Wildman–Crippen LogP) is 5.01. The minimum absolute atomic E-state index is 0.102. The Kier molecular flexibility index (Phi) is 4.90. The Hall–Kier alpha value is -2.99. The smallest absolute Gasteiger partial charge is 0.274 e. The van der Waals surface area contributed by atoms with E-state index >= 15 is 0 Å². The highest BCUT2D eigenvalue weighted by Crippen LogP contribution is 2.19. The van der Waals surface area contributed by atoms with Crippen molar-refractivity contribution in [2.45, 2.75) is 0 Å². The molecule has 0 bridgehead atoms. The van der Waals surface area contributed by atoms with Gasteiger partial charge in [0.25, 0.3) is 5.91 Å². The number of hydrogen-bond donors (Lipinski definition) is 2. The van der Waals surface area contributed by atoms with E-state index in [0.717, 1.165) is 17.8 Å². The number of aromatic nitrogens is 1. The predicted molar refractivity (Wildman–Crippen MR) is 93.3 cm³/mol. The number of anilines is 3. The monoisotopic (exact) mass is 359 g/mol. The molecule has 4 nitrogen and oxygen atoms in total. The van der Waals surface area contributed by atoms with Crippen molar-refractivity contribution in [2.75, 3.05) is 10.6 Å². The second-order valence-corrected chi connectivity index (χ2v) is 5.58. The molecule has 0 spiro atoms. The van der Waals surface area contributed by atoms with Gasteiger partial charge in [0.15, 0.2) is 0 Å². The molecule has 3 rings (SSSR count). The summed E-state index contributed by atoms with van der Waals surface area (Å²) in [6, 6.07) is 13.2. The highest BCUT2D eigenvalue weighted by Gasteiger charge is 2.11. The zero-order valence-electron chi connectivity index (χ0n) is 12.8. The molecule has 0 aliphatic rings. The van der Waals surface area contributed by atoms with Gasteiger partial charge >= 0.3 is 0 Å². The summed E-state index contributed by atoms with van der Waals surface area (Å²) >= 11 is 5.82. The summed E-state index contributed by atoms with van der Waals surface area (Å²) < 4.78 is 26.4. The molecule has 0 fully saturated rings. The van der Waals surface area contributed by atoms with Gasteiger partial charge in [-0.2, -0.15) is 0 Å². The SMILES string of the molecule is O=C(Nc1ccc(F)cc1F)c1ccc(Nc2ccc(Cl)cc2)cn1. The van der Waals surface area contributed by atoms with Crippen LogP contribution < -0.4 is 10.6 Å². The van der Waals surface area contributed by atoms with Crippen molar-refractivity contribution < 1.29 is 13.6 Å². The first-order chi connectivity index (χ1) is 12.0. The minimum Gasteiger partial charge on any atom is -0.354 e. The number of rotatable bonds is 4. The quantitative estimate of drug-likeness (QED) is 0.688. The Morgan fingerprint density at radius 1 is 0.960 bits per heavy atom. The molecule has 1 heterocycles. The molecule has 0 aliphatic heterocycles. The van der Waals surface area contributed by atoms with E-state index < -0.39 is 17.5 Å². The summed E-state index contributed by atoms with van der Waals surface area (Å²) in [5.41, 5.74) is 1.48. The van der Waals surface area contributed by atoms with Gasteiger partial charge in [0.1, 0.15) is 17.3 Å². The average Bonchev–Trinajstić information content (AvgIpc) is 2.60. The molecule has 2 N–H and O–H groups in total. The van der Waals surface area contributed by atoms with Crippen LogP contribution in [0.4, 0.5) is 25.8 Å². The molecule has 0 atom stereocenters. The number of nitrogens with zero attached hydrogens (tertiary/aromatic N) is 1.